The molecule has 2 aliphatic rings. The number of sulfonamides is 1. The third-order valence-electron chi connectivity index (χ3n) is 6.41. The van der Waals surface area contributed by atoms with Crippen LogP contribution in [0.4, 0.5) is 5.69 Å². The summed E-state index contributed by atoms with van der Waals surface area (Å²) < 4.78 is 33.0. The van der Waals surface area contributed by atoms with Crippen molar-refractivity contribution in [3.8, 4) is 0 Å². The zero-order valence-electron chi connectivity index (χ0n) is 18.5. The van der Waals surface area contributed by atoms with Crippen LogP contribution < -0.4 is 9.62 Å². The van der Waals surface area contributed by atoms with Gasteiger partial charge in [-0.05, 0) is 30.0 Å². The molecule has 2 heterocycles. The minimum Gasteiger partial charge on any atom is -0.379 e. The molecule has 0 saturated carbocycles. The molecule has 1 fully saturated rings. The van der Waals surface area contributed by atoms with Crippen LogP contribution in [-0.4, -0.2) is 58.6 Å². The van der Waals surface area contributed by atoms with Gasteiger partial charge in [-0.2, -0.15) is 0 Å². The molecule has 1 amide bonds. The standard InChI is InChI=1S/C25H27N3O4S/c1-18-8-10-19(11-9-18)22(27-12-14-32-15-13-27)16-26-24(29)17-28-21-6-2-4-20-5-3-7-23(25(20)21)33(28,30)31/h2-11,22H,12-17H2,1H3,(H,26,29). The van der Waals surface area contributed by atoms with Gasteiger partial charge in [0.2, 0.25) is 5.91 Å². The van der Waals surface area contributed by atoms with Crippen molar-refractivity contribution in [3.63, 3.8) is 0 Å². The van der Waals surface area contributed by atoms with E-state index in [1.54, 1.807) is 18.2 Å². The summed E-state index contributed by atoms with van der Waals surface area (Å²) in [6.07, 6.45) is 0. The fourth-order valence-corrected chi connectivity index (χ4v) is 6.33. The van der Waals surface area contributed by atoms with E-state index in [-0.39, 0.29) is 23.4 Å². The summed E-state index contributed by atoms with van der Waals surface area (Å²) >= 11 is 0. The number of anilines is 1. The van der Waals surface area contributed by atoms with Gasteiger partial charge in [0, 0.05) is 25.0 Å². The summed E-state index contributed by atoms with van der Waals surface area (Å²) in [5.41, 5.74) is 2.85. The summed E-state index contributed by atoms with van der Waals surface area (Å²) in [4.78, 5) is 15.5. The number of carbonyl (C=O) groups excluding carboxylic acids is 1. The number of aryl methyl sites for hydroxylation is 1. The lowest BCUT2D eigenvalue weighted by atomic mass is 10.0. The minimum absolute atomic E-state index is 0.00531. The van der Waals surface area contributed by atoms with Gasteiger partial charge in [-0.25, -0.2) is 8.42 Å². The van der Waals surface area contributed by atoms with E-state index >= 15 is 0 Å². The molecule has 7 nitrogen and oxygen atoms in total. The van der Waals surface area contributed by atoms with Crippen LogP contribution in [0.25, 0.3) is 10.8 Å². The van der Waals surface area contributed by atoms with E-state index in [0.29, 0.717) is 30.8 Å². The second-order valence-electron chi connectivity index (χ2n) is 8.52. The Bertz CT molecular complexity index is 1280. The van der Waals surface area contributed by atoms with E-state index in [1.807, 2.05) is 25.1 Å². The first-order valence-electron chi connectivity index (χ1n) is 11.1. The maximum absolute atomic E-state index is 13.2. The van der Waals surface area contributed by atoms with Gasteiger partial charge in [0.1, 0.15) is 6.54 Å². The number of hydrogen-bond acceptors (Lipinski definition) is 5. The van der Waals surface area contributed by atoms with E-state index in [4.69, 9.17) is 4.74 Å². The topological polar surface area (TPSA) is 79.0 Å². The molecule has 1 saturated heterocycles. The highest BCUT2D eigenvalue weighted by Crippen LogP contribution is 2.41. The highest BCUT2D eigenvalue weighted by molar-refractivity contribution is 7.93. The van der Waals surface area contributed by atoms with Crippen molar-refractivity contribution in [2.24, 2.45) is 0 Å². The minimum atomic E-state index is -3.76. The lowest BCUT2D eigenvalue weighted by molar-refractivity contribution is -0.120. The molecule has 33 heavy (non-hydrogen) atoms. The maximum Gasteiger partial charge on any atom is 0.265 e. The lowest BCUT2D eigenvalue weighted by Gasteiger charge is -2.35. The first-order chi connectivity index (χ1) is 15.9. The average Bonchev–Trinajstić information content (AvgIpc) is 3.04. The van der Waals surface area contributed by atoms with E-state index in [0.717, 1.165) is 24.0 Å². The van der Waals surface area contributed by atoms with Crippen molar-refractivity contribution in [1.29, 1.82) is 0 Å². The molecule has 1 unspecified atom stereocenters. The van der Waals surface area contributed by atoms with Crippen LogP contribution in [0.3, 0.4) is 0 Å². The Hall–Kier alpha value is -2.94. The third kappa shape index (κ3) is 4.10. The molecule has 0 aromatic heterocycles. The van der Waals surface area contributed by atoms with Crippen molar-refractivity contribution in [2.75, 3.05) is 43.7 Å². The van der Waals surface area contributed by atoms with Crippen molar-refractivity contribution in [1.82, 2.24) is 10.2 Å². The van der Waals surface area contributed by atoms with Gasteiger partial charge in [0.25, 0.3) is 10.0 Å². The van der Waals surface area contributed by atoms with E-state index in [9.17, 15) is 13.2 Å². The number of ether oxygens (including phenoxy) is 1. The predicted molar refractivity (Wildman–Crippen MR) is 128 cm³/mol. The lowest BCUT2D eigenvalue weighted by Crippen LogP contribution is -2.46. The number of morpholine rings is 1. The molecule has 1 atom stereocenters. The van der Waals surface area contributed by atoms with Crippen LogP contribution in [0.1, 0.15) is 17.2 Å². The van der Waals surface area contributed by atoms with Crippen LogP contribution in [-0.2, 0) is 19.6 Å². The largest absolute Gasteiger partial charge is 0.379 e. The molecular weight excluding hydrogens is 438 g/mol. The zero-order chi connectivity index (χ0) is 23.0. The quantitative estimate of drug-likeness (QED) is 0.606. The number of rotatable bonds is 6. The van der Waals surface area contributed by atoms with Crippen molar-refractivity contribution in [2.45, 2.75) is 17.9 Å². The van der Waals surface area contributed by atoms with Gasteiger partial charge < -0.3 is 10.1 Å². The van der Waals surface area contributed by atoms with Crippen LogP contribution in [0.2, 0.25) is 0 Å². The SMILES string of the molecule is Cc1ccc(C(CNC(=O)CN2c3cccc4cccc(c34)S2(=O)=O)N2CCOCC2)cc1. The van der Waals surface area contributed by atoms with Crippen molar-refractivity contribution in [3.05, 3.63) is 71.8 Å². The number of nitrogens with one attached hydrogen (secondary N) is 1. The highest BCUT2D eigenvalue weighted by Gasteiger charge is 2.36. The monoisotopic (exact) mass is 465 g/mol. The molecular formula is C25H27N3O4S. The van der Waals surface area contributed by atoms with Crippen LogP contribution in [0.5, 0.6) is 0 Å². The fourth-order valence-electron chi connectivity index (χ4n) is 4.66. The molecule has 172 valence electrons. The van der Waals surface area contributed by atoms with Gasteiger partial charge in [0.15, 0.2) is 0 Å². The molecule has 0 aliphatic carbocycles. The Kier molecular flexibility index (Phi) is 5.82. The number of amides is 1. The van der Waals surface area contributed by atoms with E-state index in [1.165, 1.54) is 9.87 Å². The molecule has 3 aromatic rings. The number of carbonyl (C=O) groups is 1. The van der Waals surface area contributed by atoms with Gasteiger partial charge in [-0.3, -0.25) is 14.0 Å². The number of hydrogen-bond donors (Lipinski definition) is 1. The Morgan fingerprint density at radius 3 is 2.45 bits per heavy atom. The molecule has 2 aliphatic heterocycles. The highest BCUT2D eigenvalue weighted by atomic mass is 32.2. The second-order valence-corrected chi connectivity index (χ2v) is 10.4. The van der Waals surface area contributed by atoms with Gasteiger partial charge in [-0.15, -0.1) is 0 Å². The molecule has 8 heteroatoms. The molecule has 0 radical (unpaired) electrons. The average molecular weight is 466 g/mol. The first kappa shape index (κ1) is 21.9. The molecule has 5 rings (SSSR count). The first-order valence-corrected chi connectivity index (χ1v) is 12.6. The summed E-state index contributed by atoms with van der Waals surface area (Å²) in [5, 5.41) is 4.52. The fraction of sp³-hybridized carbons (Fsp3) is 0.320. The Labute approximate surface area is 194 Å². The summed E-state index contributed by atoms with van der Waals surface area (Å²) in [6, 6.07) is 19.0. The Morgan fingerprint density at radius 2 is 1.73 bits per heavy atom. The summed E-state index contributed by atoms with van der Waals surface area (Å²) in [6.45, 7) is 5.07. The van der Waals surface area contributed by atoms with Crippen molar-refractivity contribution < 1.29 is 17.9 Å². The third-order valence-corrected chi connectivity index (χ3v) is 8.21. The molecule has 0 bridgehead atoms. The van der Waals surface area contributed by atoms with Gasteiger partial charge >= 0.3 is 0 Å². The summed E-state index contributed by atoms with van der Waals surface area (Å²) in [7, 11) is -3.76. The van der Waals surface area contributed by atoms with E-state index in [2.05, 4.69) is 34.5 Å². The summed E-state index contributed by atoms with van der Waals surface area (Å²) in [5.74, 6) is -0.325. The normalized spacial score (nSPS) is 18.4. The molecule has 0 spiro atoms. The maximum atomic E-state index is 13.2. The van der Waals surface area contributed by atoms with Crippen LogP contribution >= 0.6 is 0 Å². The molecule has 1 N–H and O–H groups in total. The Morgan fingerprint density at radius 1 is 1.03 bits per heavy atom. The molecule has 3 aromatic carbocycles. The second kappa shape index (κ2) is 8.78. The van der Waals surface area contributed by atoms with E-state index < -0.39 is 10.0 Å². The zero-order valence-corrected chi connectivity index (χ0v) is 19.3. The van der Waals surface area contributed by atoms with Gasteiger partial charge in [-0.1, -0.05) is 54.1 Å². The van der Waals surface area contributed by atoms with Crippen LogP contribution in [0.15, 0.2) is 65.6 Å². The Balaban J connectivity index is 1.34. The smallest absolute Gasteiger partial charge is 0.265 e. The van der Waals surface area contributed by atoms with Crippen molar-refractivity contribution >= 4 is 32.4 Å². The number of benzene rings is 3. The predicted octanol–water partition coefficient (Wildman–Crippen LogP) is 2.85. The van der Waals surface area contributed by atoms with Crippen LogP contribution in [0, 0.1) is 6.92 Å². The number of nitrogens with zero attached hydrogens (tertiary/aromatic N) is 2. The van der Waals surface area contributed by atoms with Gasteiger partial charge in [0.05, 0.1) is 29.8 Å².